The van der Waals surface area contributed by atoms with Crippen molar-refractivity contribution in [3.63, 3.8) is 0 Å². The standard InChI is InChI=1S/C21H30N2O/c24-21(20-12-6-5-11-19(20)16-7-1-2-8-16)23(17-9-3-4-10-17)18-13-14-22-15-18/h5-6,11-12,16-18,22H,1-4,7-10,13-15H2. The summed E-state index contributed by atoms with van der Waals surface area (Å²) in [6, 6.07) is 9.30. The highest BCUT2D eigenvalue weighted by atomic mass is 16.2. The van der Waals surface area contributed by atoms with Gasteiger partial charge in [0, 0.05) is 24.2 Å². The molecule has 1 N–H and O–H groups in total. The van der Waals surface area contributed by atoms with Crippen molar-refractivity contribution in [2.75, 3.05) is 13.1 Å². The molecule has 1 aromatic rings. The van der Waals surface area contributed by atoms with Crippen LogP contribution in [-0.2, 0) is 0 Å². The second kappa shape index (κ2) is 7.26. The Labute approximate surface area is 145 Å². The van der Waals surface area contributed by atoms with Gasteiger partial charge in [-0.1, -0.05) is 43.9 Å². The molecule has 1 atom stereocenters. The molecule has 4 rings (SSSR count). The Morgan fingerprint density at radius 1 is 0.917 bits per heavy atom. The molecule has 3 aliphatic rings. The number of carbonyl (C=O) groups excluding carboxylic acids is 1. The van der Waals surface area contributed by atoms with Gasteiger partial charge in [-0.05, 0) is 56.2 Å². The lowest BCUT2D eigenvalue weighted by atomic mass is 9.91. The third kappa shape index (κ3) is 3.11. The number of rotatable bonds is 4. The van der Waals surface area contributed by atoms with Gasteiger partial charge < -0.3 is 10.2 Å². The molecule has 3 fully saturated rings. The molecule has 0 aromatic heterocycles. The minimum Gasteiger partial charge on any atom is -0.331 e. The fourth-order valence-corrected chi connectivity index (χ4v) is 5.11. The van der Waals surface area contributed by atoms with Crippen LogP contribution in [0.5, 0.6) is 0 Å². The molecule has 1 heterocycles. The molecule has 2 aliphatic carbocycles. The highest BCUT2D eigenvalue weighted by Gasteiger charge is 2.35. The van der Waals surface area contributed by atoms with E-state index in [-0.39, 0.29) is 0 Å². The van der Waals surface area contributed by atoms with Crippen LogP contribution in [0, 0.1) is 0 Å². The normalized spacial score (nSPS) is 25.4. The van der Waals surface area contributed by atoms with E-state index in [1.165, 1.54) is 56.9 Å². The van der Waals surface area contributed by atoms with E-state index in [4.69, 9.17) is 0 Å². The fourth-order valence-electron chi connectivity index (χ4n) is 5.11. The van der Waals surface area contributed by atoms with Crippen LogP contribution < -0.4 is 5.32 Å². The van der Waals surface area contributed by atoms with Crippen LogP contribution in [0.4, 0.5) is 0 Å². The molecule has 1 unspecified atom stereocenters. The Kier molecular flexibility index (Phi) is 4.88. The van der Waals surface area contributed by atoms with Crippen LogP contribution in [-0.4, -0.2) is 36.0 Å². The average molecular weight is 326 g/mol. The number of amides is 1. The first kappa shape index (κ1) is 16.1. The maximum atomic E-state index is 13.6. The zero-order valence-corrected chi connectivity index (χ0v) is 14.7. The molecule has 1 aromatic carbocycles. The Morgan fingerprint density at radius 3 is 2.33 bits per heavy atom. The molecular weight excluding hydrogens is 296 g/mol. The lowest BCUT2D eigenvalue weighted by Crippen LogP contribution is -2.47. The third-order valence-electron chi connectivity index (χ3n) is 6.37. The fraction of sp³-hybridized carbons (Fsp3) is 0.667. The van der Waals surface area contributed by atoms with Crippen molar-refractivity contribution in [2.24, 2.45) is 0 Å². The zero-order valence-electron chi connectivity index (χ0n) is 14.7. The van der Waals surface area contributed by atoms with Gasteiger partial charge >= 0.3 is 0 Å². The van der Waals surface area contributed by atoms with Gasteiger partial charge in [0.2, 0.25) is 0 Å². The van der Waals surface area contributed by atoms with Crippen molar-refractivity contribution in [1.29, 1.82) is 0 Å². The SMILES string of the molecule is O=C(c1ccccc1C1CCCC1)N(C1CCCC1)C1CCNC1. The first-order valence-electron chi connectivity index (χ1n) is 9.97. The lowest BCUT2D eigenvalue weighted by molar-refractivity contribution is 0.0593. The summed E-state index contributed by atoms with van der Waals surface area (Å²) in [5.74, 6) is 0.899. The summed E-state index contributed by atoms with van der Waals surface area (Å²) in [4.78, 5) is 15.9. The van der Waals surface area contributed by atoms with E-state index in [0.717, 1.165) is 25.1 Å². The van der Waals surface area contributed by atoms with E-state index < -0.39 is 0 Å². The van der Waals surface area contributed by atoms with Crippen molar-refractivity contribution >= 4 is 5.91 Å². The van der Waals surface area contributed by atoms with Crippen molar-refractivity contribution in [2.45, 2.75) is 75.8 Å². The minimum absolute atomic E-state index is 0.304. The maximum Gasteiger partial charge on any atom is 0.254 e. The molecule has 1 amide bonds. The summed E-state index contributed by atoms with van der Waals surface area (Å²) >= 11 is 0. The number of carbonyl (C=O) groups is 1. The van der Waals surface area contributed by atoms with Crippen LogP contribution >= 0.6 is 0 Å². The van der Waals surface area contributed by atoms with Crippen LogP contribution in [0.25, 0.3) is 0 Å². The van der Waals surface area contributed by atoms with E-state index in [9.17, 15) is 4.79 Å². The first-order chi connectivity index (χ1) is 11.8. The summed E-state index contributed by atoms with van der Waals surface area (Å²) in [5.41, 5.74) is 2.30. The van der Waals surface area contributed by atoms with Crippen molar-refractivity contribution < 1.29 is 4.79 Å². The van der Waals surface area contributed by atoms with Gasteiger partial charge in [0.05, 0.1) is 0 Å². The second-order valence-electron chi connectivity index (χ2n) is 7.87. The minimum atomic E-state index is 0.304. The van der Waals surface area contributed by atoms with Gasteiger partial charge in [0.1, 0.15) is 0 Å². The number of benzene rings is 1. The molecule has 3 nitrogen and oxygen atoms in total. The highest BCUT2D eigenvalue weighted by molar-refractivity contribution is 5.96. The molecule has 1 aliphatic heterocycles. The first-order valence-corrected chi connectivity index (χ1v) is 9.97. The van der Waals surface area contributed by atoms with Crippen molar-refractivity contribution in [3.8, 4) is 0 Å². The molecular formula is C21H30N2O. The van der Waals surface area contributed by atoms with Gasteiger partial charge in [-0.3, -0.25) is 4.79 Å². The molecule has 1 saturated heterocycles. The molecule has 0 spiro atoms. The van der Waals surface area contributed by atoms with E-state index in [1.54, 1.807) is 0 Å². The summed E-state index contributed by atoms with van der Waals surface area (Å²) in [6.07, 6.45) is 11.2. The zero-order chi connectivity index (χ0) is 16.4. The number of hydrogen-bond acceptors (Lipinski definition) is 2. The molecule has 24 heavy (non-hydrogen) atoms. The summed E-state index contributed by atoms with van der Waals surface area (Å²) in [5, 5.41) is 3.46. The average Bonchev–Trinajstić information content (AvgIpc) is 3.38. The van der Waals surface area contributed by atoms with Gasteiger partial charge in [0.25, 0.3) is 5.91 Å². The van der Waals surface area contributed by atoms with Gasteiger partial charge in [-0.25, -0.2) is 0 Å². The predicted octanol–water partition coefficient (Wildman–Crippen LogP) is 4.09. The number of hydrogen-bond donors (Lipinski definition) is 1. The van der Waals surface area contributed by atoms with E-state index in [0.29, 0.717) is 23.9 Å². The summed E-state index contributed by atoms with van der Waals surface area (Å²) in [7, 11) is 0. The van der Waals surface area contributed by atoms with Crippen molar-refractivity contribution in [3.05, 3.63) is 35.4 Å². The Balaban J connectivity index is 1.64. The topological polar surface area (TPSA) is 32.3 Å². The van der Waals surface area contributed by atoms with Crippen LogP contribution in [0.15, 0.2) is 24.3 Å². The van der Waals surface area contributed by atoms with Crippen molar-refractivity contribution in [1.82, 2.24) is 10.2 Å². The predicted molar refractivity (Wildman–Crippen MR) is 97.4 cm³/mol. The van der Waals surface area contributed by atoms with E-state index in [2.05, 4.69) is 28.4 Å². The summed E-state index contributed by atoms with van der Waals surface area (Å²) in [6.45, 7) is 2.01. The third-order valence-corrected chi connectivity index (χ3v) is 6.37. The van der Waals surface area contributed by atoms with Gasteiger partial charge in [0.15, 0.2) is 0 Å². The quantitative estimate of drug-likeness (QED) is 0.904. The van der Waals surface area contributed by atoms with E-state index >= 15 is 0 Å². The molecule has 3 heteroatoms. The van der Waals surface area contributed by atoms with Crippen LogP contribution in [0.2, 0.25) is 0 Å². The smallest absolute Gasteiger partial charge is 0.254 e. The van der Waals surface area contributed by atoms with Gasteiger partial charge in [-0.15, -0.1) is 0 Å². The number of nitrogens with zero attached hydrogens (tertiary/aromatic N) is 1. The lowest BCUT2D eigenvalue weighted by Gasteiger charge is -2.35. The monoisotopic (exact) mass is 326 g/mol. The Bertz CT molecular complexity index is 551. The van der Waals surface area contributed by atoms with Crippen LogP contribution in [0.1, 0.15) is 79.6 Å². The van der Waals surface area contributed by atoms with Gasteiger partial charge in [-0.2, -0.15) is 0 Å². The highest BCUT2D eigenvalue weighted by Crippen LogP contribution is 2.37. The summed E-state index contributed by atoms with van der Waals surface area (Å²) < 4.78 is 0. The molecule has 2 saturated carbocycles. The Morgan fingerprint density at radius 2 is 1.62 bits per heavy atom. The molecule has 0 bridgehead atoms. The van der Waals surface area contributed by atoms with E-state index in [1.807, 2.05) is 6.07 Å². The van der Waals surface area contributed by atoms with Crippen LogP contribution in [0.3, 0.4) is 0 Å². The maximum absolute atomic E-state index is 13.6. The Hall–Kier alpha value is -1.35. The molecule has 130 valence electrons. The number of nitrogens with one attached hydrogen (secondary N) is 1. The second-order valence-corrected chi connectivity index (χ2v) is 7.87. The molecule has 0 radical (unpaired) electrons. The largest absolute Gasteiger partial charge is 0.331 e.